The van der Waals surface area contributed by atoms with Gasteiger partial charge in [0, 0.05) is 17.8 Å². The lowest BCUT2D eigenvalue weighted by Crippen LogP contribution is -2.39. The van der Waals surface area contributed by atoms with Gasteiger partial charge in [-0.2, -0.15) is 5.26 Å². The Morgan fingerprint density at radius 1 is 1.08 bits per heavy atom. The van der Waals surface area contributed by atoms with Gasteiger partial charge in [-0.1, -0.05) is 60.7 Å². The summed E-state index contributed by atoms with van der Waals surface area (Å²) in [4.78, 5) is 32.8. The summed E-state index contributed by atoms with van der Waals surface area (Å²) in [6.45, 7) is -0.144. The van der Waals surface area contributed by atoms with Gasteiger partial charge in [0.15, 0.2) is 11.6 Å². The minimum atomic E-state index is -1.34. The van der Waals surface area contributed by atoms with Crippen LogP contribution in [0.15, 0.2) is 72.9 Å². The molecule has 1 atom stereocenters. The lowest BCUT2D eigenvalue weighted by molar-refractivity contribution is -0.126. The van der Waals surface area contributed by atoms with Crippen molar-refractivity contribution >= 4 is 46.1 Å². The van der Waals surface area contributed by atoms with Crippen LogP contribution in [-0.4, -0.2) is 51.5 Å². The van der Waals surface area contributed by atoms with Gasteiger partial charge in [0.05, 0.1) is 17.3 Å². The van der Waals surface area contributed by atoms with E-state index in [0.717, 1.165) is 28.7 Å². The number of benzene rings is 2. The summed E-state index contributed by atoms with van der Waals surface area (Å²) in [7, 11) is -1.34. The van der Waals surface area contributed by atoms with Crippen LogP contribution < -0.4 is 16.1 Å². The fourth-order valence-corrected chi connectivity index (χ4v) is 4.39. The smallest absolute Gasteiger partial charge is 0.423 e. The van der Waals surface area contributed by atoms with Crippen LogP contribution in [0.3, 0.4) is 0 Å². The molecule has 5 rings (SSSR count). The van der Waals surface area contributed by atoms with E-state index in [4.69, 9.17) is 10.0 Å². The monoisotopic (exact) mass is 513 g/mol. The molecule has 0 bridgehead atoms. The average Bonchev–Trinajstić information content (AvgIpc) is 3.64. The number of fused-ring (bicyclic) bond motifs is 1. The summed E-state index contributed by atoms with van der Waals surface area (Å²) in [5, 5.41) is 32.3. The summed E-state index contributed by atoms with van der Waals surface area (Å²) >= 11 is 1.26. The molecule has 1 aliphatic carbocycles. The average molecular weight is 513 g/mol. The lowest BCUT2D eigenvalue weighted by Gasteiger charge is -2.08. The molecule has 2 aromatic carbocycles. The Morgan fingerprint density at radius 2 is 1.76 bits per heavy atom. The highest BCUT2D eigenvalue weighted by molar-refractivity contribution is 7.18. The molecule has 1 saturated carbocycles. The highest BCUT2D eigenvalue weighted by Crippen LogP contribution is 2.30. The fourth-order valence-electron chi connectivity index (χ4n) is 3.38. The van der Waals surface area contributed by atoms with Crippen LogP contribution in [0.25, 0.3) is 21.5 Å². The van der Waals surface area contributed by atoms with E-state index in [1.54, 1.807) is 30.5 Å². The van der Waals surface area contributed by atoms with Gasteiger partial charge in [0.25, 0.3) is 0 Å². The second kappa shape index (κ2) is 12.2. The quantitative estimate of drug-likeness (QED) is 0.275. The van der Waals surface area contributed by atoms with Crippen molar-refractivity contribution in [3.63, 3.8) is 0 Å². The van der Waals surface area contributed by atoms with Crippen LogP contribution in [0.5, 0.6) is 0 Å². The van der Waals surface area contributed by atoms with E-state index < -0.39 is 18.9 Å². The number of hydrogen-bond acceptors (Lipinski definition) is 8. The van der Waals surface area contributed by atoms with Crippen LogP contribution in [0.1, 0.15) is 23.8 Å². The van der Waals surface area contributed by atoms with Gasteiger partial charge in [-0.15, -0.1) is 11.3 Å². The molecule has 1 unspecified atom stereocenters. The number of amides is 2. The van der Waals surface area contributed by atoms with Crippen molar-refractivity contribution in [2.75, 3.05) is 6.54 Å². The highest BCUT2D eigenvalue weighted by Gasteiger charge is 2.27. The van der Waals surface area contributed by atoms with Gasteiger partial charge in [-0.25, -0.2) is 9.97 Å². The maximum Gasteiger partial charge on any atom is 0.488 e. The molecule has 0 saturated heterocycles. The summed E-state index contributed by atoms with van der Waals surface area (Å²) in [6, 6.07) is 22.6. The van der Waals surface area contributed by atoms with Crippen LogP contribution in [0, 0.1) is 11.3 Å². The van der Waals surface area contributed by atoms with E-state index in [-0.39, 0.29) is 18.5 Å². The first-order valence-corrected chi connectivity index (χ1v) is 12.5. The van der Waals surface area contributed by atoms with Gasteiger partial charge in [-0.05, 0) is 29.9 Å². The summed E-state index contributed by atoms with van der Waals surface area (Å²) in [5.74, 6) is -1.85. The van der Waals surface area contributed by atoms with E-state index in [0.29, 0.717) is 16.1 Å². The first kappa shape index (κ1) is 26.0. The molecule has 37 heavy (non-hydrogen) atoms. The predicted molar refractivity (Wildman–Crippen MR) is 142 cm³/mol. The molecule has 4 N–H and O–H groups in total. The van der Waals surface area contributed by atoms with Crippen molar-refractivity contribution < 1.29 is 19.6 Å². The van der Waals surface area contributed by atoms with Crippen LogP contribution >= 0.6 is 11.3 Å². The number of nitrogens with one attached hydrogen (secondary N) is 2. The molecule has 11 heteroatoms. The Balaban J connectivity index is 0.000000301. The SMILES string of the molecule is N#CC(C(=O)NCC(=O)NC1CC1)c1nc2ncc(-c3ccccc3)cc2s1.OB(O)c1ccccc1. The second-order valence-electron chi connectivity index (χ2n) is 8.37. The fraction of sp³-hybridized carbons (Fsp3) is 0.192. The zero-order valence-electron chi connectivity index (χ0n) is 19.7. The van der Waals surface area contributed by atoms with Gasteiger partial charge >= 0.3 is 7.12 Å². The molecular formula is C26H24BN5O4S. The predicted octanol–water partition coefficient (Wildman–Crippen LogP) is 1.73. The number of nitriles is 1. The summed E-state index contributed by atoms with van der Waals surface area (Å²) < 4.78 is 0.802. The molecule has 0 radical (unpaired) electrons. The van der Waals surface area contributed by atoms with E-state index in [1.165, 1.54) is 11.3 Å². The Hall–Kier alpha value is -4.11. The number of aromatic nitrogens is 2. The summed E-state index contributed by atoms with van der Waals surface area (Å²) in [6.07, 6.45) is 3.68. The number of thiazole rings is 1. The third-order valence-electron chi connectivity index (χ3n) is 5.47. The Morgan fingerprint density at radius 3 is 2.35 bits per heavy atom. The first-order valence-electron chi connectivity index (χ1n) is 11.6. The molecule has 1 fully saturated rings. The molecule has 2 aromatic heterocycles. The molecular weight excluding hydrogens is 489 g/mol. The first-order chi connectivity index (χ1) is 17.9. The third-order valence-corrected chi connectivity index (χ3v) is 6.53. The highest BCUT2D eigenvalue weighted by atomic mass is 32.1. The zero-order chi connectivity index (χ0) is 26.2. The molecule has 2 amide bonds. The standard InChI is InChI=1S/C20H17N5O2S.C6H7BO2/c21-9-15(19(27)23-11-17(26)24-14-6-7-14)20-25-18-16(28-20)8-13(10-22-18)12-4-2-1-3-5-12;8-7(9)6-4-2-1-3-5-6/h1-5,8,10,14-15H,6-7,11H2,(H,23,27)(H,24,26);1-5,8-9H. The van der Waals surface area contributed by atoms with Crippen molar-refractivity contribution in [2.45, 2.75) is 24.8 Å². The molecule has 4 aromatic rings. The molecule has 2 heterocycles. The number of rotatable bonds is 7. The Kier molecular flexibility index (Phi) is 8.58. The van der Waals surface area contributed by atoms with Crippen molar-refractivity contribution in [3.05, 3.63) is 77.9 Å². The van der Waals surface area contributed by atoms with Crippen LogP contribution in [0.4, 0.5) is 0 Å². The van der Waals surface area contributed by atoms with E-state index in [1.807, 2.05) is 48.5 Å². The third kappa shape index (κ3) is 7.21. The van der Waals surface area contributed by atoms with Gasteiger partial charge < -0.3 is 20.7 Å². The van der Waals surface area contributed by atoms with E-state index in [9.17, 15) is 14.9 Å². The van der Waals surface area contributed by atoms with E-state index >= 15 is 0 Å². The zero-order valence-corrected chi connectivity index (χ0v) is 20.6. The number of hydrogen-bond donors (Lipinski definition) is 4. The molecule has 186 valence electrons. The normalized spacial score (nSPS) is 13.0. The van der Waals surface area contributed by atoms with Gasteiger partial charge in [-0.3, -0.25) is 9.59 Å². The molecule has 0 aliphatic heterocycles. The maximum atomic E-state index is 12.4. The largest absolute Gasteiger partial charge is 0.488 e. The molecule has 0 spiro atoms. The van der Waals surface area contributed by atoms with Crippen molar-refractivity contribution in [2.24, 2.45) is 0 Å². The van der Waals surface area contributed by atoms with Gasteiger partial charge in [0.1, 0.15) is 5.01 Å². The Labute approximate surface area is 218 Å². The number of carbonyl (C=O) groups is 2. The molecule has 9 nitrogen and oxygen atoms in total. The van der Waals surface area contributed by atoms with Crippen molar-refractivity contribution in [1.29, 1.82) is 5.26 Å². The maximum absolute atomic E-state index is 12.4. The van der Waals surface area contributed by atoms with Crippen LogP contribution in [0.2, 0.25) is 0 Å². The Bertz CT molecular complexity index is 1410. The van der Waals surface area contributed by atoms with Crippen molar-refractivity contribution in [1.82, 2.24) is 20.6 Å². The van der Waals surface area contributed by atoms with E-state index in [2.05, 4.69) is 20.6 Å². The van der Waals surface area contributed by atoms with Crippen molar-refractivity contribution in [3.8, 4) is 17.2 Å². The topological polar surface area (TPSA) is 148 Å². The molecule has 1 aliphatic rings. The van der Waals surface area contributed by atoms with Gasteiger partial charge in [0.2, 0.25) is 11.8 Å². The number of nitrogens with zero attached hydrogens (tertiary/aromatic N) is 3. The number of pyridine rings is 1. The van der Waals surface area contributed by atoms with Crippen LogP contribution in [-0.2, 0) is 9.59 Å². The lowest BCUT2D eigenvalue weighted by atomic mass is 9.81. The second-order valence-corrected chi connectivity index (χ2v) is 9.43. The minimum absolute atomic E-state index is 0.144. The summed E-state index contributed by atoms with van der Waals surface area (Å²) in [5.41, 5.74) is 3.00. The number of carbonyl (C=O) groups excluding carboxylic acids is 2. The minimum Gasteiger partial charge on any atom is -0.423 e.